The van der Waals surface area contributed by atoms with Crippen LogP contribution in [-0.2, 0) is 10.2 Å². The van der Waals surface area contributed by atoms with Crippen LogP contribution in [0.3, 0.4) is 0 Å². The molecule has 1 heterocycles. The predicted molar refractivity (Wildman–Crippen MR) is 91.9 cm³/mol. The van der Waals surface area contributed by atoms with E-state index in [4.69, 9.17) is 0 Å². The topological polar surface area (TPSA) is 41.1 Å². The first-order valence-electron chi connectivity index (χ1n) is 8.77. The van der Waals surface area contributed by atoms with Gasteiger partial charge in [-0.2, -0.15) is 0 Å². The number of hydrogen-bond donors (Lipinski definition) is 2. The standard InChI is InChI=1S/C19H30N2O/c1-3-19(4-2,17-10-6-5-7-11-17)18(22)21-14-12-16-9-8-13-20-15-16/h5-7,10-11,16,20H,3-4,8-9,12-15H2,1-2H3,(H,21,22). The number of carbonyl (C=O) groups excluding carboxylic acids is 1. The van der Waals surface area contributed by atoms with Gasteiger partial charge in [0.15, 0.2) is 0 Å². The largest absolute Gasteiger partial charge is 0.355 e. The third-order valence-electron chi connectivity index (χ3n) is 5.21. The SMILES string of the molecule is CCC(CC)(C(=O)NCCC1CCCNC1)c1ccccc1. The minimum Gasteiger partial charge on any atom is -0.355 e. The molecule has 1 fully saturated rings. The summed E-state index contributed by atoms with van der Waals surface area (Å²) in [5, 5.41) is 6.64. The summed E-state index contributed by atoms with van der Waals surface area (Å²) in [7, 11) is 0. The van der Waals surface area contributed by atoms with Gasteiger partial charge < -0.3 is 10.6 Å². The fourth-order valence-electron chi connectivity index (χ4n) is 3.60. The molecule has 0 aliphatic carbocycles. The molecule has 22 heavy (non-hydrogen) atoms. The van der Waals surface area contributed by atoms with Gasteiger partial charge in [-0.3, -0.25) is 4.79 Å². The van der Waals surface area contributed by atoms with Crippen molar-refractivity contribution in [2.45, 2.75) is 51.4 Å². The third-order valence-corrected chi connectivity index (χ3v) is 5.21. The summed E-state index contributed by atoms with van der Waals surface area (Å²) in [6.07, 6.45) is 5.30. The van der Waals surface area contributed by atoms with E-state index in [-0.39, 0.29) is 11.3 Å². The van der Waals surface area contributed by atoms with Crippen LogP contribution < -0.4 is 10.6 Å². The zero-order valence-electron chi connectivity index (χ0n) is 14.0. The lowest BCUT2D eigenvalue weighted by molar-refractivity contribution is -0.127. The molecule has 0 radical (unpaired) electrons. The zero-order valence-corrected chi connectivity index (χ0v) is 14.0. The van der Waals surface area contributed by atoms with Gasteiger partial charge in [0.05, 0.1) is 5.41 Å². The fraction of sp³-hybridized carbons (Fsp3) is 0.632. The molecule has 0 aromatic heterocycles. The number of rotatable bonds is 7. The molecule has 0 bridgehead atoms. The second-order valence-corrected chi connectivity index (χ2v) is 6.41. The monoisotopic (exact) mass is 302 g/mol. The highest BCUT2D eigenvalue weighted by Crippen LogP contribution is 2.31. The lowest BCUT2D eigenvalue weighted by Crippen LogP contribution is -2.44. The Hall–Kier alpha value is -1.35. The summed E-state index contributed by atoms with van der Waals surface area (Å²) in [6, 6.07) is 10.2. The van der Waals surface area contributed by atoms with E-state index in [0.717, 1.165) is 44.5 Å². The first-order chi connectivity index (χ1) is 10.7. The van der Waals surface area contributed by atoms with Gasteiger partial charge in [-0.15, -0.1) is 0 Å². The predicted octanol–water partition coefficient (Wildman–Crippen LogP) is 3.25. The van der Waals surface area contributed by atoms with E-state index < -0.39 is 0 Å². The average Bonchev–Trinajstić information content (AvgIpc) is 2.58. The minimum atomic E-state index is -0.383. The Kier molecular flexibility index (Phi) is 6.44. The van der Waals surface area contributed by atoms with Crippen LogP contribution >= 0.6 is 0 Å². The Morgan fingerprint density at radius 2 is 2.00 bits per heavy atom. The van der Waals surface area contributed by atoms with Gasteiger partial charge in [-0.05, 0) is 56.7 Å². The highest BCUT2D eigenvalue weighted by Gasteiger charge is 2.36. The molecule has 1 aliphatic heterocycles. The number of benzene rings is 1. The Labute approximate surface area is 134 Å². The number of piperidine rings is 1. The van der Waals surface area contributed by atoms with Crippen LogP contribution in [0.5, 0.6) is 0 Å². The van der Waals surface area contributed by atoms with Crippen LogP contribution in [0.25, 0.3) is 0 Å². The van der Waals surface area contributed by atoms with Gasteiger partial charge in [0.1, 0.15) is 0 Å². The van der Waals surface area contributed by atoms with E-state index in [2.05, 4.69) is 36.6 Å². The van der Waals surface area contributed by atoms with Crippen molar-refractivity contribution in [3.8, 4) is 0 Å². The van der Waals surface area contributed by atoms with E-state index >= 15 is 0 Å². The molecule has 1 saturated heterocycles. The Morgan fingerprint density at radius 3 is 2.59 bits per heavy atom. The number of carbonyl (C=O) groups is 1. The van der Waals surface area contributed by atoms with Gasteiger partial charge in [-0.1, -0.05) is 44.2 Å². The van der Waals surface area contributed by atoms with Crippen LogP contribution in [0.4, 0.5) is 0 Å². The highest BCUT2D eigenvalue weighted by molar-refractivity contribution is 5.88. The van der Waals surface area contributed by atoms with Gasteiger partial charge in [-0.25, -0.2) is 0 Å². The smallest absolute Gasteiger partial charge is 0.230 e. The summed E-state index contributed by atoms with van der Waals surface area (Å²) < 4.78 is 0. The second kappa shape index (κ2) is 8.33. The normalized spacial score (nSPS) is 18.9. The van der Waals surface area contributed by atoms with Crippen molar-refractivity contribution < 1.29 is 4.79 Å². The van der Waals surface area contributed by atoms with E-state index in [0.29, 0.717) is 5.92 Å². The maximum atomic E-state index is 12.8. The van der Waals surface area contributed by atoms with Crippen molar-refractivity contribution in [3.63, 3.8) is 0 Å². The third kappa shape index (κ3) is 3.89. The number of nitrogens with one attached hydrogen (secondary N) is 2. The van der Waals surface area contributed by atoms with Gasteiger partial charge in [0.2, 0.25) is 5.91 Å². The Balaban J connectivity index is 1.95. The number of amides is 1. The summed E-state index contributed by atoms with van der Waals surface area (Å²) in [5.41, 5.74) is 0.753. The Morgan fingerprint density at radius 1 is 1.27 bits per heavy atom. The van der Waals surface area contributed by atoms with E-state index in [9.17, 15) is 4.79 Å². The lowest BCUT2D eigenvalue weighted by Gasteiger charge is -2.31. The molecule has 1 aromatic rings. The van der Waals surface area contributed by atoms with Gasteiger partial charge in [0, 0.05) is 6.54 Å². The Bertz CT molecular complexity index is 448. The molecule has 3 heteroatoms. The fourth-order valence-corrected chi connectivity index (χ4v) is 3.60. The summed E-state index contributed by atoms with van der Waals surface area (Å²) in [6.45, 7) is 7.26. The molecule has 2 rings (SSSR count). The molecule has 0 spiro atoms. The second-order valence-electron chi connectivity index (χ2n) is 6.41. The molecule has 3 nitrogen and oxygen atoms in total. The molecule has 1 unspecified atom stereocenters. The summed E-state index contributed by atoms with van der Waals surface area (Å²) in [4.78, 5) is 12.8. The molecule has 1 aromatic carbocycles. The molecule has 1 amide bonds. The van der Waals surface area contributed by atoms with Crippen LogP contribution in [0.2, 0.25) is 0 Å². The van der Waals surface area contributed by atoms with Crippen LogP contribution in [-0.4, -0.2) is 25.5 Å². The van der Waals surface area contributed by atoms with Crippen LogP contribution in [0, 0.1) is 5.92 Å². The average molecular weight is 302 g/mol. The van der Waals surface area contributed by atoms with Gasteiger partial charge in [0.25, 0.3) is 0 Å². The maximum absolute atomic E-state index is 12.8. The number of hydrogen-bond acceptors (Lipinski definition) is 2. The molecule has 0 saturated carbocycles. The van der Waals surface area contributed by atoms with Gasteiger partial charge >= 0.3 is 0 Å². The lowest BCUT2D eigenvalue weighted by atomic mass is 9.75. The van der Waals surface area contributed by atoms with Crippen molar-refractivity contribution in [1.29, 1.82) is 0 Å². The van der Waals surface area contributed by atoms with Crippen molar-refractivity contribution in [3.05, 3.63) is 35.9 Å². The summed E-state index contributed by atoms with van der Waals surface area (Å²) >= 11 is 0. The first-order valence-corrected chi connectivity index (χ1v) is 8.77. The minimum absolute atomic E-state index is 0.187. The summed E-state index contributed by atoms with van der Waals surface area (Å²) in [5.74, 6) is 0.899. The van der Waals surface area contributed by atoms with E-state index in [1.54, 1.807) is 0 Å². The van der Waals surface area contributed by atoms with Crippen molar-refractivity contribution >= 4 is 5.91 Å². The molecule has 1 aliphatic rings. The zero-order chi connectivity index (χ0) is 15.8. The van der Waals surface area contributed by atoms with Crippen molar-refractivity contribution in [2.75, 3.05) is 19.6 Å². The highest BCUT2D eigenvalue weighted by atomic mass is 16.2. The first kappa shape index (κ1) is 17.0. The van der Waals surface area contributed by atoms with Crippen LogP contribution in [0.15, 0.2) is 30.3 Å². The van der Waals surface area contributed by atoms with Crippen molar-refractivity contribution in [1.82, 2.24) is 10.6 Å². The quantitative estimate of drug-likeness (QED) is 0.812. The van der Waals surface area contributed by atoms with Crippen molar-refractivity contribution in [2.24, 2.45) is 5.92 Å². The molecule has 1 atom stereocenters. The molecular weight excluding hydrogens is 272 g/mol. The van der Waals surface area contributed by atoms with E-state index in [1.807, 2.05) is 18.2 Å². The molecule has 2 N–H and O–H groups in total. The molecular formula is C19H30N2O. The maximum Gasteiger partial charge on any atom is 0.230 e. The van der Waals surface area contributed by atoms with E-state index in [1.165, 1.54) is 12.8 Å². The molecule has 122 valence electrons. The van der Waals surface area contributed by atoms with Crippen LogP contribution in [0.1, 0.15) is 51.5 Å².